The Labute approximate surface area is 137 Å². The normalized spacial score (nSPS) is 25.7. The molecule has 2 N–H and O–H groups in total. The largest absolute Gasteiger partial charge is 0.394 e. The van der Waals surface area contributed by atoms with Crippen LogP contribution in [0.15, 0.2) is 43.0 Å². The minimum absolute atomic E-state index is 0.224. The van der Waals surface area contributed by atoms with Crippen molar-refractivity contribution in [1.29, 1.82) is 0 Å². The van der Waals surface area contributed by atoms with Crippen LogP contribution in [-0.2, 0) is 9.47 Å². The van der Waals surface area contributed by atoms with Crippen LogP contribution in [0, 0.1) is 12.3 Å². The van der Waals surface area contributed by atoms with Crippen molar-refractivity contribution in [2.45, 2.75) is 43.9 Å². The Hall–Kier alpha value is -1.68. The maximum Gasteiger partial charge on any atom is 0.163 e. The molecule has 1 saturated heterocycles. The lowest BCUT2D eigenvalue weighted by Gasteiger charge is -2.33. The summed E-state index contributed by atoms with van der Waals surface area (Å²) < 4.78 is 11.5. The standard InChI is InChI=1S/C18H23NO4/c1-5-14(13-10-8-7-9-11-13)19(21)15(6-2)17-16(12-20)22-18(3,4)23-17/h1,6-11,14-17,20-21H,2,12H2,3-4H3/t14?,15-,16+,17-/m0/s1. The molecule has 5 heteroatoms. The van der Waals surface area contributed by atoms with E-state index in [1.54, 1.807) is 19.9 Å². The minimum Gasteiger partial charge on any atom is -0.394 e. The van der Waals surface area contributed by atoms with E-state index in [4.69, 9.17) is 15.9 Å². The summed E-state index contributed by atoms with van der Waals surface area (Å²) in [5.74, 6) is 1.73. The van der Waals surface area contributed by atoms with Gasteiger partial charge in [0, 0.05) is 0 Å². The molecule has 1 aromatic carbocycles. The van der Waals surface area contributed by atoms with Gasteiger partial charge in [-0.1, -0.05) is 42.3 Å². The van der Waals surface area contributed by atoms with Gasteiger partial charge in [0.05, 0.1) is 12.6 Å². The maximum absolute atomic E-state index is 10.7. The molecule has 0 saturated carbocycles. The molecule has 0 bridgehead atoms. The Morgan fingerprint density at radius 2 is 2.04 bits per heavy atom. The molecule has 0 aliphatic carbocycles. The Balaban J connectivity index is 2.26. The zero-order valence-electron chi connectivity index (χ0n) is 13.4. The maximum atomic E-state index is 10.7. The van der Waals surface area contributed by atoms with Crippen LogP contribution < -0.4 is 0 Å². The topological polar surface area (TPSA) is 62.2 Å². The fraction of sp³-hybridized carbons (Fsp3) is 0.444. The molecule has 4 atom stereocenters. The molecule has 23 heavy (non-hydrogen) atoms. The summed E-state index contributed by atoms with van der Waals surface area (Å²) in [4.78, 5) is 0. The van der Waals surface area contributed by atoms with Crippen molar-refractivity contribution in [2.24, 2.45) is 0 Å². The monoisotopic (exact) mass is 317 g/mol. The van der Waals surface area contributed by atoms with Crippen LogP contribution in [0.5, 0.6) is 0 Å². The van der Waals surface area contributed by atoms with Gasteiger partial charge < -0.3 is 19.8 Å². The lowest BCUT2D eigenvalue weighted by atomic mass is 10.0. The Kier molecular flexibility index (Phi) is 5.58. The molecule has 0 amide bonds. The van der Waals surface area contributed by atoms with Crippen LogP contribution in [-0.4, -0.2) is 46.0 Å². The zero-order chi connectivity index (χ0) is 17.0. The van der Waals surface area contributed by atoms with Crippen LogP contribution in [0.2, 0.25) is 0 Å². The third-order valence-corrected chi connectivity index (χ3v) is 3.82. The van der Waals surface area contributed by atoms with Gasteiger partial charge in [-0.15, -0.1) is 13.0 Å². The van der Waals surface area contributed by atoms with Crippen LogP contribution in [0.3, 0.4) is 0 Å². The van der Waals surface area contributed by atoms with Crippen molar-refractivity contribution in [3.8, 4) is 12.3 Å². The zero-order valence-corrected chi connectivity index (χ0v) is 13.4. The average Bonchev–Trinajstić information content (AvgIpc) is 2.85. The first-order valence-electron chi connectivity index (χ1n) is 7.51. The smallest absolute Gasteiger partial charge is 0.163 e. The highest BCUT2D eigenvalue weighted by molar-refractivity contribution is 5.26. The second-order valence-electron chi connectivity index (χ2n) is 5.91. The second kappa shape index (κ2) is 7.26. The van der Waals surface area contributed by atoms with Gasteiger partial charge >= 0.3 is 0 Å². The summed E-state index contributed by atoms with van der Waals surface area (Å²) in [7, 11) is 0. The van der Waals surface area contributed by atoms with Gasteiger partial charge in [-0.2, -0.15) is 5.06 Å². The Bertz CT molecular complexity index is 566. The predicted molar refractivity (Wildman–Crippen MR) is 86.5 cm³/mol. The summed E-state index contributed by atoms with van der Waals surface area (Å²) in [6, 6.07) is 7.97. The molecule has 1 aliphatic heterocycles. The second-order valence-corrected chi connectivity index (χ2v) is 5.91. The summed E-state index contributed by atoms with van der Waals surface area (Å²) in [6.07, 6.45) is 6.00. The van der Waals surface area contributed by atoms with E-state index in [2.05, 4.69) is 12.5 Å². The molecule has 1 heterocycles. The average molecular weight is 317 g/mol. The molecule has 1 aliphatic rings. The van der Waals surface area contributed by atoms with E-state index in [-0.39, 0.29) is 6.61 Å². The first kappa shape index (κ1) is 17.7. The molecular weight excluding hydrogens is 294 g/mol. The van der Waals surface area contributed by atoms with Crippen LogP contribution >= 0.6 is 0 Å². The van der Waals surface area contributed by atoms with E-state index < -0.39 is 30.1 Å². The first-order valence-corrected chi connectivity index (χ1v) is 7.51. The van der Waals surface area contributed by atoms with E-state index in [0.717, 1.165) is 10.6 Å². The Morgan fingerprint density at radius 1 is 1.39 bits per heavy atom. The van der Waals surface area contributed by atoms with Crippen molar-refractivity contribution < 1.29 is 19.8 Å². The van der Waals surface area contributed by atoms with Gasteiger partial charge in [0.25, 0.3) is 0 Å². The molecule has 1 fully saturated rings. The molecular formula is C18H23NO4. The SMILES string of the molecule is C#CC(c1ccccc1)N(O)[C@@H](C=C)[C@@H]1OC(C)(C)O[C@@H]1CO. The number of nitrogens with zero attached hydrogens (tertiary/aromatic N) is 1. The molecule has 2 rings (SSSR count). The first-order chi connectivity index (χ1) is 10.9. The van der Waals surface area contributed by atoms with Gasteiger partial charge in [-0.25, -0.2) is 0 Å². The predicted octanol–water partition coefficient (Wildman–Crippen LogP) is 2.12. The summed E-state index contributed by atoms with van der Waals surface area (Å²) in [5.41, 5.74) is 0.781. The van der Waals surface area contributed by atoms with Crippen molar-refractivity contribution in [3.05, 3.63) is 48.6 Å². The molecule has 1 unspecified atom stereocenters. The van der Waals surface area contributed by atoms with Gasteiger partial charge in [-0.05, 0) is 19.4 Å². The summed E-state index contributed by atoms with van der Waals surface area (Å²) in [5, 5.41) is 21.2. The van der Waals surface area contributed by atoms with Crippen LogP contribution in [0.1, 0.15) is 25.5 Å². The number of ether oxygens (including phenoxy) is 2. The highest BCUT2D eigenvalue weighted by Crippen LogP contribution is 2.33. The third kappa shape index (κ3) is 3.81. The van der Waals surface area contributed by atoms with Crippen molar-refractivity contribution >= 4 is 0 Å². The molecule has 0 radical (unpaired) electrons. The molecule has 5 nitrogen and oxygen atoms in total. The van der Waals surface area contributed by atoms with Crippen molar-refractivity contribution in [3.63, 3.8) is 0 Å². The quantitative estimate of drug-likeness (QED) is 0.478. The fourth-order valence-electron chi connectivity index (χ4n) is 2.82. The van der Waals surface area contributed by atoms with Crippen molar-refractivity contribution in [2.75, 3.05) is 6.61 Å². The number of hydrogen-bond acceptors (Lipinski definition) is 5. The third-order valence-electron chi connectivity index (χ3n) is 3.82. The highest BCUT2D eigenvalue weighted by atomic mass is 16.8. The van der Waals surface area contributed by atoms with E-state index in [1.165, 1.54) is 0 Å². The molecule has 0 spiro atoms. The lowest BCUT2D eigenvalue weighted by molar-refractivity contribution is -0.184. The molecule has 0 aromatic heterocycles. The number of hydroxylamine groups is 2. The number of benzene rings is 1. The summed E-state index contributed by atoms with van der Waals surface area (Å²) >= 11 is 0. The highest BCUT2D eigenvalue weighted by Gasteiger charge is 2.46. The van der Waals surface area contributed by atoms with Crippen LogP contribution in [0.25, 0.3) is 0 Å². The number of aliphatic hydroxyl groups is 1. The summed E-state index contributed by atoms with van der Waals surface area (Å²) in [6.45, 7) is 7.06. The Morgan fingerprint density at radius 3 is 2.57 bits per heavy atom. The molecule has 1 aromatic rings. The molecule has 124 valence electrons. The van der Waals surface area contributed by atoms with Gasteiger partial charge in [0.15, 0.2) is 5.79 Å². The van der Waals surface area contributed by atoms with Crippen LogP contribution in [0.4, 0.5) is 0 Å². The number of terminal acetylenes is 1. The van der Waals surface area contributed by atoms with Gasteiger partial charge in [-0.3, -0.25) is 0 Å². The van der Waals surface area contributed by atoms with E-state index in [1.807, 2.05) is 30.3 Å². The van der Waals surface area contributed by atoms with Gasteiger partial charge in [0.1, 0.15) is 18.2 Å². The minimum atomic E-state index is -0.849. The van der Waals surface area contributed by atoms with Gasteiger partial charge in [0.2, 0.25) is 0 Å². The fourth-order valence-corrected chi connectivity index (χ4v) is 2.82. The lowest BCUT2D eigenvalue weighted by Crippen LogP contribution is -2.47. The number of hydrogen-bond donors (Lipinski definition) is 2. The van der Waals surface area contributed by atoms with E-state index in [0.29, 0.717) is 0 Å². The van der Waals surface area contributed by atoms with E-state index in [9.17, 15) is 10.3 Å². The number of aliphatic hydroxyl groups excluding tert-OH is 1. The van der Waals surface area contributed by atoms with E-state index >= 15 is 0 Å². The van der Waals surface area contributed by atoms with Crippen molar-refractivity contribution in [1.82, 2.24) is 5.06 Å². The number of rotatable bonds is 6.